The number of carbonyl (C=O) groups is 4. The Morgan fingerprint density at radius 1 is 1.31 bits per heavy atom. The smallest absolute Gasteiger partial charge is 0.428 e. The highest BCUT2D eigenvalue weighted by molar-refractivity contribution is 6.35. The molecule has 172 valence electrons. The van der Waals surface area contributed by atoms with Crippen molar-refractivity contribution in [2.45, 2.75) is 57.6 Å². The zero-order valence-corrected chi connectivity index (χ0v) is 18.2. The van der Waals surface area contributed by atoms with Gasteiger partial charge in [-0.15, -0.1) is 0 Å². The van der Waals surface area contributed by atoms with Crippen LogP contribution in [0.4, 0.5) is 4.79 Å². The van der Waals surface area contributed by atoms with E-state index in [0.717, 1.165) is 12.8 Å². The number of carboxylic acids is 1. The van der Waals surface area contributed by atoms with Crippen LogP contribution >= 0.6 is 0 Å². The van der Waals surface area contributed by atoms with E-state index < -0.39 is 29.5 Å². The van der Waals surface area contributed by atoms with Gasteiger partial charge in [0.25, 0.3) is 0 Å². The van der Waals surface area contributed by atoms with Crippen molar-refractivity contribution in [3.05, 3.63) is 29.1 Å². The van der Waals surface area contributed by atoms with Crippen LogP contribution in [0.5, 0.6) is 0 Å². The number of aromatic carboxylic acids is 1. The third-order valence-corrected chi connectivity index (χ3v) is 5.97. The van der Waals surface area contributed by atoms with Crippen molar-refractivity contribution in [1.82, 2.24) is 21.0 Å². The van der Waals surface area contributed by atoms with Gasteiger partial charge >= 0.3 is 23.9 Å². The Labute approximate surface area is 185 Å². The van der Waals surface area contributed by atoms with Gasteiger partial charge in [-0.3, -0.25) is 9.59 Å². The SMILES string of the molecule is CNC(=O)C(=O)N[C@@H](C)CC1CCC2(CC1)OC(=O)NN=C2c1cnc(C(=O)O)cc1C. The molecule has 32 heavy (non-hydrogen) atoms. The number of hydrogen-bond acceptors (Lipinski definition) is 7. The number of nitrogens with zero attached hydrogens (tertiary/aromatic N) is 2. The van der Waals surface area contributed by atoms with Gasteiger partial charge in [0.1, 0.15) is 11.4 Å². The standard InChI is InChI=1S/C21H27N5O6/c1-11-8-15(19(29)30)23-10-14(11)16-21(32-20(31)26-25-16)6-4-13(5-7-21)9-12(2)24-18(28)17(27)22-3/h8,10,12-13H,4-7,9H2,1-3H3,(H,22,27)(H,24,28)(H,26,31)(H,29,30)/t12-,13?,21?/m0/s1. The molecule has 11 nitrogen and oxygen atoms in total. The van der Waals surface area contributed by atoms with Gasteiger partial charge in [0.05, 0.1) is 0 Å². The summed E-state index contributed by atoms with van der Waals surface area (Å²) in [5.74, 6) is -2.20. The first-order valence-electron chi connectivity index (χ1n) is 10.4. The van der Waals surface area contributed by atoms with Crippen LogP contribution in [0.2, 0.25) is 0 Å². The molecule has 1 spiro atoms. The molecule has 1 aliphatic heterocycles. The van der Waals surface area contributed by atoms with Crippen molar-refractivity contribution in [3.8, 4) is 0 Å². The van der Waals surface area contributed by atoms with Crippen LogP contribution in [0.25, 0.3) is 0 Å². The Morgan fingerprint density at radius 3 is 2.59 bits per heavy atom. The topological polar surface area (TPSA) is 159 Å². The molecule has 0 radical (unpaired) electrons. The first-order chi connectivity index (χ1) is 15.1. The molecule has 2 heterocycles. The van der Waals surface area contributed by atoms with E-state index in [0.29, 0.717) is 36.1 Å². The summed E-state index contributed by atoms with van der Waals surface area (Å²) in [6.45, 7) is 3.61. The van der Waals surface area contributed by atoms with Gasteiger partial charge in [-0.1, -0.05) is 0 Å². The Balaban J connectivity index is 1.72. The van der Waals surface area contributed by atoms with Crippen LogP contribution in [-0.2, 0) is 14.3 Å². The summed E-state index contributed by atoms with van der Waals surface area (Å²) < 4.78 is 5.73. The van der Waals surface area contributed by atoms with Crippen LogP contribution in [-0.4, -0.2) is 58.4 Å². The van der Waals surface area contributed by atoms with Crippen LogP contribution in [0.1, 0.15) is 60.6 Å². The van der Waals surface area contributed by atoms with Crippen molar-refractivity contribution in [1.29, 1.82) is 0 Å². The van der Waals surface area contributed by atoms with Gasteiger partial charge in [0, 0.05) is 24.8 Å². The highest BCUT2D eigenvalue weighted by Crippen LogP contribution is 2.40. The molecule has 0 saturated heterocycles. The molecule has 11 heteroatoms. The van der Waals surface area contributed by atoms with Gasteiger partial charge < -0.3 is 20.5 Å². The molecule has 0 bridgehead atoms. The first kappa shape index (κ1) is 23.2. The number of rotatable bonds is 5. The van der Waals surface area contributed by atoms with Crippen LogP contribution in [0, 0.1) is 12.8 Å². The second-order valence-electron chi connectivity index (χ2n) is 8.28. The van der Waals surface area contributed by atoms with Crippen molar-refractivity contribution < 1.29 is 29.0 Å². The fourth-order valence-corrected chi connectivity index (χ4v) is 4.36. The average molecular weight is 445 g/mol. The van der Waals surface area contributed by atoms with Crippen LogP contribution in [0.15, 0.2) is 17.4 Å². The Bertz CT molecular complexity index is 967. The van der Waals surface area contributed by atoms with E-state index in [4.69, 9.17) is 9.84 Å². The summed E-state index contributed by atoms with van der Waals surface area (Å²) in [6.07, 6.45) is 4.01. The number of aryl methyl sites for hydroxylation is 1. The number of amides is 3. The van der Waals surface area contributed by atoms with Gasteiger partial charge in [-0.05, 0) is 63.5 Å². The molecule has 3 rings (SSSR count). The lowest BCUT2D eigenvalue weighted by Gasteiger charge is -2.42. The lowest BCUT2D eigenvalue weighted by molar-refractivity contribution is -0.139. The maximum Gasteiger partial charge on any atom is 0.428 e. The van der Waals surface area contributed by atoms with Gasteiger partial charge in [-0.2, -0.15) is 5.10 Å². The largest absolute Gasteiger partial charge is 0.477 e. The molecule has 4 N–H and O–H groups in total. The number of carbonyl (C=O) groups excluding carboxylic acids is 3. The summed E-state index contributed by atoms with van der Waals surface area (Å²) >= 11 is 0. The maximum absolute atomic E-state index is 12.0. The van der Waals surface area contributed by atoms with Crippen LogP contribution < -0.4 is 16.1 Å². The maximum atomic E-state index is 12.0. The minimum absolute atomic E-state index is 0.0711. The molecule has 0 aromatic carbocycles. The molecule has 1 atom stereocenters. The molecule has 1 saturated carbocycles. The molecule has 1 aromatic heterocycles. The number of likely N-dealkylation sites (N-methyl/N-ethyl adjacent to an activating group) is 1. The van der Waals surface area contributed by atoms with E-state index in [-0.39, 0.29) is 17.7 Å². The summed E-state index contributed by atoms with van der Waals surface area (Å²) in [5.41, 5.74) is 3.17. The fourth-order valence-electron chi connectivity index (χ4n) is 4.36. The minimum Gasteiger partial charge on any atom is -0.477 e. The highest BCUT2D eigenvalue weighted by atomic mass is 16.6. The van der Waals surface area contributed by atoms with E-state index in [1.54, 1.807) is 6.92 Å². The normalized spacial score (nSPS) is 23.4. The number of pyridine rings is 1. The van der Waals surface area contributed by atoms with Gasteiger partial charge in [0.2, 0.25) is 0 Å². The highest BCUT2D eigenvalue weighted by Gasteiger charge is 2.46. The summed E-state index contributed by atoms with van der Waals surface area (Å²) in [7, 11) is 1.40. The van der Waals surface area contributed by atoms with Gasteiger partial charge in [-0.25, -0.2) is 20.0 Å². The van der Waals surface area contributed by atoms with E-state index >= 15 is 0 Å². The number of ether oxygens (including phenoxy) is 1. The second kappa shape index (κ2) is 9.33. The Kier molecular flexibility index (Phi) is 6.75. The van der Waals surface area contributed by atoms with E-state index in [1.807, 2.05) is 6.92 Å². The predicted octanol–water partition coefficient (Wildman–Crippen LogP) is 1.10. The van der Waals surface area contributed by atoms with E-state index in [9.17, 15) is 19.2 Å². The predicted molar refractivity (Wildman–Crippen MR) is 113 cm³/mol. The third-order valence-electron chi connectivity index (χ3n) is 5.97. The number of aromatic nitrogens is 1. The molecule has 3 amide bonds. The third kappa shape index (κ3) is 4.87. The molecular formula is C21H27N5O6. The monoisotopic (exact) mass is 445 g/mol. The Morgan fingerprint density at radius 2 is 2.00 bits per heavy atom. The zero-order chi connectivity index (χ0) is 23.5. The zero-order valence-electron chi connectivity index (χ0n) is 18.2. The quantitative estimate of drug-likeness (QED) is 0.494. The number of nitrogens with one attached hydrogen (secondary N) is 3. The average Bonchev–Trinajstić information content (AvgIpc) is 2.75. The lowest BCUT2D eigenvalue weighted by Crippen LogP contribution is -2.53. The molecular weight excluding hydrogens is 418 g/mol. The number of carboxylic acid groups (broad SMARTS) is 1. The summed E-state index contributed by atoms with van der Waals surface area (Å²) in [5, 5.41) is 18.4. The molecule has 0 unspecified atom stereocenters. The number of hydrogen-bond donors (Lipinski definition) is 4. The lowest BCUT2D eigenvalue weighted by atomic mass is 9.72. The molecule has 1 aliphatic carbocycles. The number of hydrazone groups is 1. The molecule has 2 aliphatic rings. The van der Waals surface area contributed by atoms with Crippen LogP contribution in [0.3, 0.4) is 0 Å². The summed E-state index contributed by atoms with van der Waals surface area (Å²) in [4.78, 5) is 50.3. The van der Waals surface area contributed by atoms with Crippen molar-refractivity contribution in [3.63, 3.8) is 0 Å². The molecule has 1 fully saturated rings. The van der Waals surface area contributed by atoms with Gasteiger partial charge in [0.15, 0.2) is 5.60 Å². The molecule has 1 aromatic rings. The van der Waals surface area contributed by atoms with E-state index in [1.165, 1.54) is 19.3 Å². The first-order valence-corrected chi connectivity index (χ1v) is 10.4. The summed E-state index contributed by atoms with van der Waals surface area (Å²) in [6, 6.07) is 1.28. The fraction of sp³-hybridized carbons (Fsp3) is 0.524. The Hall–Kier alpha value is -3.50. The minimum atomic E-state index is -1.12. The van der Waals surface area contributed by atoms with Crippen molar-refractivity contribution >= 4 is 29.6 Å². The van der Waals surface area contributed by atoms with Crippen molar-refractivity contribution in [2.24, 2.45) is 11.0 Å². The van der Waals surface area contributed by atoms with E-state index in [2.05, 4.69) is 26.1 Å². The van der Waals surface area contributed by atoms with Crippen molar-refractivity contribution in [2.75, 3.05) is 7.05 Å². The second-order valence-corrected chi connectivity index (χ2v) is 8.28.